The van der Waals surface area contributed by atoms with Crippen LogP contribution in [-0.2, 0) is 17.8 Å². The fraction of sp³-hybridized carbons (Fsp3) is 0.462. The monoisotopic (exact) mass is 235 g/mol. The van der Waals surface area contributed by atoms with Crippen LogP contribution in [0, 0.1) is 0 Å². The Morgan fingerprint density at radius 2 is 2.18 bits per heavy atom. The Morgan fingerprint density at radius 1 is 1.41 bits per heavy atom. The summed E-state index contributed by atoms with van der Waals surface area (Å²) in [5, 5.41) is 12.3. The zero-order valence-corrected chi connectivity index (χ0v) is 10.1. The molecule has 1 aliphatic rings. The van der Waals surface area contributed by atoms with E-state index >= 15 is 0 Å². The molecule has 0 spiro atoms. The molecule has 17 heavy (non-hydrogen) atoms. The van der Waals surface area contributed by atoms with Crippen LogP contribution in [0.5, 0.6) is 5.75 Å². The fourth-order valence-corrected chi connectivity index (χ4v) is 1.86. The Bertz CT molecular complexity index is 440. The lowest BCUT2D eigenvalue weighted by Crippen LogP contribution is -2.38. The van der Waals surface area contributed by atoms with E-state index in [1.807, 2.05) is 18.2 Å². The number of ether oxygens (including phenoxy) is 1. The summed E-state index contributed by atoms with van der Waals surface area (Å²) in [5.74, 6) is -0.338. The van der Waals surface area contributed by atoms with Crippen molar-refractivity contribution in [2.24, 2.45) is 0 Å². The van der Waals surface area contributed by atoms with E-state index in [2.05, 4.69) is 5.32 Å². The Labute approximate surface area is 101 Å². The lowest BCUT2D eigenvalue weighted by Gasteiger charge is -2.23. The van der Waals surface area contributed by atoms with Crippen molar-refractivity contribution in [2.45, 2.75) is 32.4 Å². The van der Waals surface area contributed by atoms with Gasteiger partial charge in [0.05, 0.1) is 0 Å². The molecule has 0 amide bonds. The first-order valence-electron chi connectivity index (χ1n) is 5.74. The second-order valence-electron chi connectivity index (χ2n) is 4.77. The van der Waals surface area contributed by atoms with Gasteiger partial charge in [-0.1, -0.05) is 6.07 Å². The number of carboxylic acid groups (broad SMARTS) is 1. The van der Waals surface area contributed by atoms with Crippen molar-refractivity contribution in [1.82, 2.24) is 5.32 Å². The van der Waals surface area contributed by atoms with Crippen molar-refractivity contribution < 1.29 is 14.6 Å². The topological polar surface area (TPSA) is 58.6 Å². The number of carboxylic acids is 1. The highest BCUT2D eigenvalue weighted by Gasteiger charge is 2.29. The van der Waals surface area contributed by atoms with Crippen LogP contribution in [0.1, 0.15) is 25.0 Å². The largest absolute Gasteiger partial charge is 0.478 e. The molecule has 0 saturated carbocycles. The molecule has 1 aliphatic heterocycles. The number of hydrogen-bond acceptors (Lipinski definition) is 3. The Balaban J connectivity index is 2.20. The van der Waals surface area contributed by atoms with E-state index in [-0.39, 0.29) is 0 Å². The first-order chi connectivity index (χ1) is 7.99. The van der Waals surface area contributed by atoms with Crippen molar-refractivity contribution in [3.8, 4) is 5.75 Å². The van der Waals surface area contributed by atoms with Crippen LogP contribution in [0.25, 0.3) is 0 Å². The van der Waals surface area contributed by atoms with Gasteiger partial charge in [0.2, 0.25) is 0 Å². The molecule has 0 aliphatic carbocycles. The lowest BCUT2D eigenvalue weighted by molar-refractivity contribution is -0.152. The van der Waals surface area contributed by atoms with Crippen LogP contribution in [0.4, 0.5) is 0 Å². The lowest BCUT2D eigenvalue weighted by atomic mass is 10.0. The maximum Gasteiger partial charge on any atom is 0.347 e. The molecule has 1 aromatic rings. The van der Waals surface area contributed by atoms with Gasteiger partial charge in [0.15, 0.2) is 5.60 Å². The molecule has 0 bridgehead atoms. The second-order valence-corrected chi connectivity index (χ2v) is 4.77. The van der Waals surface area contributed by atoms with Gasteiger partial charge in [-0.2, -0.15) is 0 Å². The van der Waals surface area contributed by atoms with Crippen LogP contribution in [0.15, 0.2) is 18.2 Å². The van der Waals surface area contributed by atoms with E-state index in [0.29, 0.717) is 5.75 Å². The van der Waals surface area contributed by atoms with E-state index in [4.69, 9.17) is 9.84 Å². The third kappa shape index (κ3) is 2.58. The minimum Gasteiger partial charge on any atom is -0.478 e. The molecule has 0 unspecified atom stereocenters. The van der Waals surface area contributed by atoms with Crippen LogP contribution >= 0.6 is 0 Å². The Kier molecular flexibility index (Phi) is 3.07. The number of aliphatic carboxylic acids is 1. The molecule has 2 rings (SSSR count). The molecule has 0 saturated heterocycles. The van der Waals surface area contributed by atoms with Crippen LogP contribution in [0.2, 0.25) is 0 Å². The quantitative estimate of drug-likeness (QED) is 0.835. The number of carbonyl (C=O) groups is 1. The predicted octanol–water partition coefficient (Wildman–Crippen LogP) is 1.57. The minimum absolute atomic E-state index is 0.623. The first kappa shape index (κ1) is 11.9. The smallest absolute Gasteiger partial charge is 0.347 e. The van der Waals surface area contributed by atoms with E-state index in [1.165, 1.54) is 11.1 Å². The molecule has 92 valence electrons. The molecular formula is C13H17NO3. The number of rotatable bonds is 3. The van der Waals surface area contributed by atoms with E-state index in [9.17, 15) is 4.79 Å². The van der Waals surface area contributed by atoms with Crippen molar-refractivity contribution in [3.63, 3.8) is 0 Å². The Hall–Kier alpha value is -1.55. The molecule has 0 radical (unpaired) electrons. The molecule has 2 N–H and O–H groups in total. The molecule has 4 nitrogen and oxygen atoms in total. The third-order valence-corrected chi connectivity index (χ3v) is 2.95. The molecule has 1 heterocycles. The molecule has 0 aromatic heterocycles. The molecule has 0 fully saturated rings. The standard InChI is InChI=1S/C13H17NO3/c1-13(2,12(15)16)17-11-4-3-10-8-14-6-5-9(10)7-11/h3-4,7,14H,5-6,8H2,1-2H3,(H,15,16). The third-order valence-electron chi connectivity index (χ3n) is 2.95. The summed E-state index contributed by atoms with van der Waals surface area (Å²) in [5.41, 5.74) is 1.31. The highest BCUT2D eigenvalue weighted by molar-refractivity contribution is 5.76. The normalized spacial score (nSPS) is 15.2. The van der Waals surface area contributed by atoms with Gasteiger partial charge in [-0.05, 0) is 50.1 Å². The average Bonchev–Trinajstić information content (AvgIpc) is 2.28. The predicted molar refractivity (Wildman–Crippen MR) is 64.2 cm³/mol. The minimum atomic E-state index is -1.19. The van der Waals surface area contributed by atoms with E-state index < -0.39 is 11.6 Å². The summed E-state index contributed by atoms with van der Waals surface area (Å²) >= 11 is 0. The second kappa shape index (κ2) is 4.37. The van der Waals surface area contributed by atoms with Gasteiger partial charge in [-0.25, -0.2) is 4.79 Å². The van der Waals surface area contributed by atoms with Gasteiger partial charge in [0, 0.05) is 6.54 Å². The maximum absolute atomic E-state index is 11.0. The average molecular weight is 235 g/mol. The Morgan fingerprint density at radius 3 is 2.88 bits per heavy atom. The molecule has 0 atom stereocenters. The maximum atomic E-state index is 11.0. The summed E-state index contributed by atoms with van der Waals surface area (Å²) in [7, 11) is 0. The van der Waals surface area contributed by atoms with E-state index in [1.54, 1.807) is 13.8 Å². The van der Waals surface area contributed by atoms with Gasteiger partial charge in [-0.3, -0.25) is 0 Å². The fourth-order valence-electron chi connectivity index (χ4n) is 1.86. The zero-order chi connectivity index (χ0) is 12.5. The summed E-state index contributed by atoms with van der Waals surface area (Å²) in [6.07, 6.45) is 0.958. The van der Waals surface area contributed by atoms with Gasteiger partial charge in [0.25, 0.3) is 0 Å². The van der Waals surface area contributed by atoms with Gasteiger partial charge < -0.3 is 15.2 Å². The molecule has 4 heteroatoms. The van der Waals surface area contributed by atoms with Crippen LogP contribution in [0.3, 0.4) is 0 Å². The zero-order valence-electron chi connectivity index (χ0n) is 10.1. The summed E-state index contributed by atoms with van der Waals surface area (Å²) < 4.78 is 5.51. The van der Waals surface area contributed by atoms with Gasteiger partial charge >= 0.3 is 5.97 Å². The van der Waals surface area contributed by atoms with Crippen LogP contribution < -0.4 is 10.1 Å². The summed E-state index contributed by atoms with van der Waals surface area (Å²) in [4.78, 5) is 11.0. The van der Waals surface area contributed by atoms with Crippen molar-refractivity contribution in [1.29, 1.82) is 0 Å². The van der Waals surface area contributed by atoms with Crippen molar-refractivity contribution in [3.05, 3.63) is 29.3 Å². The molecular weight excluding hydrogens is 218 g/mol. The van der Waals surface area contributed by atoms with Crippen molar-refractivity contribution >= 4 is 5.97 Å². The van der Waals surface area contributed by atoms with Crippen molar-refractivity contribution in [2.75, 3.05) is 6.54 Å². The van der Waals surface area contributed by atoms with Crippen LogP contribution in [-0.4, -0.2) is 23.2 Å². The first-order valence-corrected chi connectivity index (χ1v) is 5.74. The SMILES string of the molecule is CC(C)(Oc1ccc2c(c1)CCNC2)C(=O)O. The van der Waals surface area contributed by atoms with Gasteiger partial charge in [0.1, 0.15) is 5.75 Å². The molecule has 1 aromatic carbocycles. The van der Waals surface area contributed by atoms with E-state index in [0.717, 1.165) is 19.5 Å². The number of nitrogens with one attached hydrogen (secondary N) is 1. The summed E-state index contributed by atoms with van der Waals surface area (Å²) in [6.45, 7) is 4.93. The number of benzene rings is 1. The number of fused-ring (bicyclic) bond motifs is 1. The highest BCUT2D eigenvalue weighted by Crippen LogP contribution is 2.24. The summed E-state index contributed by atoms with van der Waals surface area (Å²) in [6, 6.07) is 5.77. The van der Waals surface area contributed by atoms with Gasteiger partial charge in [-0.15, -0.1) is 0 Å². The highest BCUT2D eigenvalue weighted by atomic mass is 16.5. The number of hydrogen-bond donors (Lipinski definition) is 2.